The second-order valence-corrected chi connectivity index (χ2v) is 7.31. The van der Waals surface area contributed by atoms with Crippen molar-refractivity contribution in [1.82, 2.24) is 14.8 Å². The van der Waals surface area contributed by atoms with E-state index in [9.17, 15) is 4.79 Å². The summed E-state index contributed by atoms with van der Waals surface area (Å²) >= 11 is 1.38. The van der Waals surface area contributed by atoms with E-state index in [1.54, 1.807) is 10.9 Å². The Hall–Kier alpha value is -1.04. The Bertz CT molecular complexity index is 475. The minimum Gasteiger partial charge on any atom is -0.461 e. The first-order valence-electron chi connectivity index (χ1n) is 7.63. The quantitative estimate of drug-likeness (QED) is 0.618. The molecule has 0 N–H and O–H groups in total. The van der Waals surface area contributed by atoms with E-state index in [1.807, 2.05) is 7.05 Å². The van der Waals surface area contributed by atoms with E-state index >= 15 is 0 Å². The lowest BCUT2D eigenvalue weighted by atomic mass is 9.75. The Morgan fingerprint density at radius 1 is 1.52 bits per heavy atom. The smallest absolute Gasteiger partial charge is 0.316 e. The molecule has 0 saturated heterocycles. The van der Waals surface area contributed by atoms with E-state index in [2.05, 4.69) is 31.0 Å². The number of esters is 1. The lowest BCUT2D eigenvalue weighted by molar-refractivity contribution is -0.152. The van der Waals surface area contributed by atoms with Crippen LogP contribution in [-0.4, -0.2) is 32.6 Å². The monoisotopic (exact) mass is 311 g/mol. The van der Waals surface area contributed by atoms with E-state index in [0.717, 1.165) is 18.0 Å². The fourth-order valence-electron chi connectivity index (χ4n) is 2.98. The molecule has 0 aliphatic heterocycles. The summed E-state index contributed by atoms with van der Waals surface area (Å²) in [5, 5.41) is 8.50. The van der Waals surface area contributed by atoms with Crippen LogP contribution in [0, 0.1) is 17.8 Å². The highest BCUT2D eigenvalue weighted by molar-refractivity contribution is 7.99. The summed E-state index contributed by atoms with van der Waals surface area (Å²) in [6, 6.07) is 0. The van der Waals surface area contributed by atoms with Gasteiger partial charge in [-0.05, 0) is 30.6 Å². The highest BCUT2D eigenvalue weighted by atomic mass is 32.2. The first kappa shape index (κ1) is 16.3. The van der Waals surface area contributed by atoms with Gasteiger partial charge in [0.15, 0.2) is 5.16 Å². The van der Waals surface area contributed by atoms with Crippen molar-refractivity contribution in [2.45, 2.75) is 51.3 Å². The first-order chi connectivity index (χ1) is 9.97. The van der Waals surface area contributed by atoms with Crippen molar-refractivity contribution in [1.29, 1.82) is 0 Å². The molecule has 6 heteroatoms. The van der Waals surface area contributed by atoms with Gasteiger partial charge in [0.2, 0.25) is 0 Å². The molecule has 0 aromatic carbocycles. The summed E-state index contributed by atoms with van der Waals surface area (Å²) in [6.07, 6.45) is 5.09. The number of thioether (sulfide) groups is 1. The molecule has 1 fully saturated rings. The van der Waals surface area contributed by atoms with Gasteiger partial charge in [0.1, 0.15) is 12.4 Å². The van der Waals surface area contributed by atoms with Crippen molar-refractivity contribution >= 4 is 17.7 Å². The summed E-state index contributed by atoms with van der Waals surface area (Å²) in [6.45, 7) is 6.68. The van der Waals surface area contributed by atoms with Crippen molar-refractivity contribution in [3.05, 3.63) is 6.33 Å². The average molecular weight is 311 g/mol. The van der Waals surface area contributed by atoms with Gasteiger partial charge in [-0.25, -0.2) is 0 Å². The maximum atomic E-state index is 12.1. The molecule has 0 spiro atoms. The van der Waals surface area contributed by atoms with Crippen LogP contribution in [0.5, 0.6) is 0 Å². The van der Waals surface area contributed by atoms with Crippen LogP contribution in [0.1, 0.15) is 40.0 Å². The Kier molecular flexibility index (Phi) is 5.67. The summed E-state index contributed by atoms with van der Waals surface area (Å²) < 4.78 is 7.56. The molecular formula is C15H25N3O2S. The second kappa shape index (κ2) is 7.29. The van der Waals surface area contributed by atoms with Gasteiger partial charge in [-0.15, -0.1) is 10.2 Å². The molecule has 0 unspecified atom stereocenters. The number of carbonyl (C=O) groups excluding carboxylic acids is 1. The van der Waals surface area contributed by atoms with Gasteiger partial charge in [-0.1, -0.05) is 39.0 Å². The molecule has 118 valence electrons. The largest absolute Gasteiger partial charge is 0.461 e. The number of hydrogen-bond donors (Lipinski definition) is 0. The van der Waals surface area contributed by atoms with Gasteiger partial charge >= 0.3 is 5.97 Å². The number of hydrogen-bond acceptors (Lipinski definition) is 5. The molecule has 2 rings (SSSR count). The molecule has 1 heterocycles. The highest BCUT2D eigenvalue weighted by Crippen LogP contribution is 2.35. The predicted octanol–water partition coefficient (Wildman–Crippen LogP) is 2.91. The number of aromatic nitrogens is 3. The van der Waals surface area contributed by atoms with E-state index in [-0.39, 0.29) is 12.1 Å². The fraction of sp³-hybridized carbons (Fsp3) is 0.800. The van der Waals surface area contributed by atoms with E-state index in [0.29, 0.717) is 23.5 Å². The van der Waals surface area contributed by atoms with Crippen molar-refractivity contribution < 1.29 is 9.53 Å². The molecule has 1 aliphatic rings. The third kappa shape index (κ3) is 4.46. The molecule has 1 aromatic heterocycles. The summed E-state index contributed by atoms with van der Waals surface area (Å²) in [4.78, 5) is 12.1. The fourth-order valence-corrected chi connectivity index (χ4v) is 3.65. The molecule has 3 atom stereocenters. The number of rotatable bonds is 5. The van der Waals surface area contributed by atoms with Crippen LogP contribution in [0.4, 0.5) is 0 Å². The number of nitrogens with zero attached hydrogens (tertiary/aromatic N) is 3. The predicted molar refractivity (Wildman–Crippen MR) is 83.0 cm³/mol. The van der Waals surface area contributed by atoms with E-state index in [4.69, 9.17) is 4.74 Å². The van der Waals surface area contributed by atoms with Gasteiger partial charge in [0.25, 0.3) is 0 Å². The molecule has 0 bridgehead atoms. The number of carbonyl (C=O) groups is 1. The van der Waals surface area contributed by atoms with Crippen LogP contribution in [0.15, 0.2) is 11.5 Å². The number of aryl methyl sites for hydroxylation is 1. The van der Waals surface area contributed by atoms with Gasteiger partial charge in [0, 0.05) is 7.05 Å². The standard InChI is InChI=1S/C15H25N3O2S/c1-10(2)12-6-5-11(3)7-13(12)20-14(19)8-21-15-17-16-9-18(15)4/h9-13H,5-8H2,1-4H3/t11-,12+,13-/m1/s1. The summed E-state index contributed by atoms with van der Waals surface area (Å²) in [7, 11) is 1.87. The lowest BCUT2D eigenvalue weighted by Crippen LogP contribution is -2.36. The molecule has 21 heavy (non-hydrogen) atoms. The molecule has 1 aromatic rings. The Balaban J connectivity index is 1.86. The topological polar surface area (TPSA) is 57.0 Å². The maximum Gasteiger partial charge on any atom is 0.316 e. The molecule has 0 amide bonds. The average Bonchev–Trinajstić information content (AvgIpc) is 2.81. The SMILES string of the molecule is CC(C)[C@@H]1CC[C@@H](C)C[C@H]1OC(=O)CSc1nncn1C. The van der Waals surface area contributed by atoms with Crippen molar-refractivity contribution in [2.75, 3.05) is 5.75 Å². The third-order valence-corrected chi connectivity index (χ3v) is 5.24. The molecular weight excluding hydrogens is 286 g/mol. The van der Waals surface area contributed by atoms with Crippen molar-refractivity contribution in [3.8, 4) is 0 Å². The minimum absolute atomic E-state index is 0.0707. The Morgan fingerprint density at radius 3 is 2.90 bits per heavy atom. The molecule has 0 radical (unpaired) electrons. The molecule has 1 saturated carbocycles. The number of ether oxygens (including phenoxy) is 1. The Labute approximate surface area is 130 Å². The molecule has 1 aliphatic carbocycles. The highest BCUT2D eigenvalue weighted by Gasteiger charge is 2.33. The van der Waals surface area contributed by atoms with Gasteiger partial charge in [-0.3, -0.25) is 4.79 Å². The van der Waals surface area contributed by atoms with Gasteiger partial charge in [0.05, 0.1) is 5.75 Å². The van der Waals surface area contributed by atoms with Crippen LogP contribution in [-0.2, 0) is 16.6 Å². The van der Waals surface area contributed by atoms with Crippen molar-refractivity contribution in [3.63, 3.8) is 0 Å². The van der Waals surface area contributed by atoms with E-state index in [1.165, 1.54) is 18.2 Å². The van der Waals surface area contributed by atoms with Crippen LogP contribution >= 0.6 is 11.8 Å². The van der Waals surface area contributed by atoms with E-state index < -0.39 is 0 Å². The summed E-state index contributed by atoms with van der Waals surface area (Å²) in [5.74, 6) is 1.84. The maximum absolute atomic E-state index is 12.1. The van der Waals surface area contributed by atoms with Crippen LogP contribution in [0.3, 0.4) is 0 Å². The van der Waals surface area contributed by atoms with Crippen LogP contribution < -0.4 is 0 Å². The zero-order valence-electron chi connectivity index (χ0n) is 13.3. The molecule has 5 nitrogen and oxygen atoms in total. The minimum atomic E-state index is -0.146. The lowest BCUT2D eigenvalue weighted by Gasteiger charge is -2.36. The van der Waals surface area contributed by atoms with Crippen molar-refractivity contribution in [2.24, 2.45) is 24.8 Å². The van der Waals surface area contributed by atoms with Crippen LogP contribution in [0.25, 0.3) is 0 Å². The van der Waals surface area contributed by atoms with Gasteiger partial charge < -0.3 is 9.30 Å². The zero-order chi connectivity index (χ0) is 15.4. The van der Waals surface area contributed by atoms with Crippen LogP contribution in [0.2, 0.25) is 0 Å². The van der Waals surface area contributed by atoms with Gasteiger partial charge in [-0.2, -0.15) is 0 Å². The summed E-state index contributed by atoms with van der Waals surface area (Å²) in [5.41, 5.74) is 0. The second-order valence-electron chi connectivity index (χ2n) is 6.37. The Morgan fingerprint density at radius 2 is 2.29 bits per heavy atom. The third-order valence-electron chi connectivity index (χ3n) is 4.23. The zero-order valence-corrected chi connectivity index (χ0v) is 14.1. The first-order valence-corrected chi connectivity index (χ1v) is 8.62. The normalized spacial score (nSPS) is 26.0.